The van der Waals surface area contributed by atoms with Crippen LogP contribution in [0.5, 0.6) is 0 Å². The molecule has 130 valence electrons. The van der Waals surface area contributed by atoms with Crippen LogP contribution in [0.25, 0.3) is 0 Å². The third kappa shape index (κ3) is 4.02. The maximum atomic E-state index is 12.4. The highest BCUT2D eigenvalue weighted by atomic mass is 35.5. The Labute approximate surface area is 151 Å². The van der Waals surface area contributed by atoms with Crippen LogP contribution in [0.15, 0.2) is 18.2 Å². The molecule has 2 heterocycles. The average molecular weight is 371 g/mol. The van der Waals surface area contributed by atoms with Gasteiger partial charge in [-0.3, -0.25) is 9.59 Å². The molecule has 0 radical (unpaired) electrons. The van der Waals surface area contributed by atoms with E-state index < -0.39 is 0 Å². The van der Waals surface area contributed by atoms with Gasteiger partial charge in [0.25, 0.3) is 5.91 Å². The molecule has 2 aliphatic rings. The summed E-state index contributed by atoms with van der Waals surface area (Å²) in [5, 5.41) is 0.933. The van der Waals surface area contributed by atoms with Crippen LogP contribution < -0.4 is 0 Å². The average Bonchev–Trinajstić information content (AvgIpc) is 3.12. The predicted molar refractivity (Wildman–Crippen MR) is 92.3 cm³/mol. The lowest BCUT2D eigenvalue weighted by Crippen LogP contribution is -2.53. The highest BCUT2D eigenvalue weighted by Gasteiger charge is 2.31. The lowest BCUT2D eigenvalue weighted by atomic mass is 10.1. The molecule has 0 aromatic heterocycles. The van der Waals surface area contributed by atoms with E-state index >= 15 is 0 Å². The number of nitrogens with zero attached hydrogens (tertiary/aromatic N) is 2. The van der Waals surface area contributed by atoms with E-state index in [2.05, 4.69) is 0 Å². The Morgan fingerprint density at radius 3 is 2.42 bits per heavy atom. The molecule has 2 fully saturated rings. The molecule has 0 unspecified atom stereocenters. The zero-order chi connectivity index (χ0) is 17.1. The zero-order valence-corrected chi connectivity index (χ0v) is 14.9. The van der Waals surface area contributed by atoms with Gasteiger partial charge in [0.05, 0.1) is 16.5 Å². The van der Waals surface area contributed by atoms with Crippen molar-refractivity contribution in [1.29, 1.82) is 0 Å². The van der Waals surface area contributed by atoms with Gasteiger partial charge in [-0.15, -0.1) is 0 Å². The molecule has 0 aliphatic carbocycles. The summed E-state index contributed by atoms with van der Waals surface area (Å²) in [4.78, 5) is 28.3. The molecule has 24 heavy (non-hydrogen) atoms. The first kappa shape index (κ1) is 17.5. The molecule has 0 spiro atoms. The molecule has 7 heteroatoms. The molecule has 1 aromatic rings. The van der Waals surface area contributed by atoms with Crippen LogP contribution in [-0.2, 0) is 20.7 Å². The van der Waals surface area contributed by atoms with Crippen molar-refractivity contribution < 1.29 is 14.3 Å². The van der Waals surface area contributed by atoms with Crippen LogP contribution in [0, 0.1) is 0 Å². The first-order valence-corrected chi connectivity index (χ1v) is 8.92. The number of piperazine rings is 1. The Balaban J connectivity index is 1.51. The fraction of sp³-hybridized carbons (Fsp3) is 0.529. The van der Waals surface area contributed by atoms with E-state index in [4.69, 9.17) is 27.9 Å². The quantitative estimate of drug-likeness (QED) is 0.820. The van der Waals surface area contributed by atoms with Crippen LogP contribution in [-0.4, -0.2) is 60.5 Å². The van der Waals surface area contributed by atoms with E-state index in [9.17, 15) is 9.59 Å². The Bertz CT molecular complexity index is 624. The lowest BCUT2D eigenvalue weighted by molar-refractivity contribution is -0.145. The molecule has 3 rings (SSSR count). The summed E-state index contributed by atoms with van der Waals surface area (Å²) in [5.74, 6) is 0.0988. The van der Waals surface area contributed by atoms with Gasteiger partial charge in [0.1, 0.15) is 6.10 Å². The molecule has 2 saturated heterocycles. The molecule has 0 N–H and O–H groups in total. The fourth-order valence-corrected chi connectivity index (χ4v) is 3.41. The van der Waals surface area contributed by atoms with Gasteiger partial charge in [0.2, 0.25) is 5.91 Å². The van der Waals surface area contributed by atoms with Gasteiger partial charge in [-0.25, -0.2) is 0 Å². The fourth-order valence-electron chi connectivity index (χ4n) is 3.09. The van der Waals surface area contributed by atoms with Crippen LogP contribution in [0.1, 0.15) is 18.4 Å². The van der Waals surface area contributed by atoms with Crippen molar-refractivity contribution in [3.8, 4) is 0 Å². The summed E-state index contributed by atoms with van der Waals surface area (Å²) in [6, 6.07) is 5.23. The minimum atomic E-state index is -0.288. The SMILES string of the molecule is O=C(Cc1ccc(Cl)c(Cl)c1)N1CCN(C(=O)[C@H]2CCCO2)CC1. The number of amides is 2. The second-order valence-corrected chi connectivity index (χ2v) is 6.95. The van der Waals surface area contributed by atoms with Crippen molar-refractivity contribution in [2.24, 2.45) is 0 Å². The summed E-state index contributed by atoms with van der Waals surface area (Å²) in [5.41, 5.74) is 0.840. The van der Waals surface area contributed by atoms with Gasteiger partial charge in [0.15, 0.2) is 0 Å². The van der Waals surface area contributed by atoms with Gasteiger partial charge < -0.3 is 14.5 Å². The maximum absolute atomic E-state index is 12.4. The van der Waals surface area contributed by atoms with Crippen molar-refractivity contribution in [3.63, 3.8) is 0 Å². The van der Waals surface area contributed by atoms with Gasteiger partial charge in [-0.05, 0) is 30.5 Å². The Morgan fingerprint density at radius 1 is 1.08 bits per heavy atom. The van der Waals surface area contributed by atoms with E-state index in [0.29, 0.717) is 42.8 Å². The molecule has 1 aromatic carbocycles. The molecular weight excluding hydrogens is 351 g/mol. The second kappa shape index (κ2) is 7.72. The number of benzene rings is 1. The number of halogens is 2. The summed E-state index contributed by atoms with van der Waals surface area (Å²) >= 11 is 11.9. The third-order valence-electron chi connectivity index (χ3n) is 4.49. The van der Waals surface area contributed by atoms with E-state index in [1.54, 1.807) is 21.9 Å². The normalized spacial score (nSPS) is 21.2. The highest BCUT2D eigenvalue weighted by molar-refractivity contribution is 6.42. The third-order valence-corrected chi connectivity index (χ3v) is 5.23. The smallest absolute Gasteiger partial charge is 0.251 e. The summed E-state index contributed by atoms with van der Waals surface area (Å²) in [6.45, 7) is 2.90. The highest BCUT2D eigenvalue weighted by Crippen LogP contribution is 2.23. The summed E-state index contributed by atoms with van der Waals surface area (Å²) in [7, 11) is 0. The first-order chi connectivity index (χ1) is 11.5. The lowest BCUT2D eigenvalue weighted by Gasteiger charge is -2.35. The van der Waals surface area contributed by atoms with Crippen molar-refractivity contribution in [2.45, 2.75) is 25.4 Å². The van der Waals surface area contributed by atoms with E-state index in [-0.39, 0.29) is 24.3 Å². The van der Waals surface area contributed by atoms with Crippen molar-refractivity contribution >= 4 is 35.0 Å². The first-order valence-electron chi connectivity index (χ1n) is 8.16. The predicted octanol–water partition coefficient (Wildman–Crippen LogP) is 2.39. The van der Waals surface area contributed by atoms with Crippen molar-refractivity contribution in [1.82, 2.24) is 9.80 Å². The molecule has 1 atom stereocenters. The van der Waals surface area contributed by atoms with E-state index in [1.807, 2.05) is 6.07 Å². The molecule has 2 aliphatic heterocycles. The van der Waals surface area contributed by atoms with E-state index in [0.717, 1.165) is 18.4 Å². The summed E-state index contributed by atoms with van der Waals surface area (Å²) < 4.78 is 5.45. The summed E-state index contributed by atoms with van der Waals surface area (Å²) in [6.07, 6.45) is 1.74. The minimum Gasteiger partial charge on any atom is -0.368 e. The largest absolute Gasteiger partial charge is 0.368 e. The van der Waals surface area contributed by atoms with Gasteiger partial charge in [0, 0.05) is 32.8 Å². The topological polar surface area (TPSA) is 49.9 Å². The number of carbonyl (C=O) groups is 2. The van der Waals surface area contributed by atoms with Gasteiger partial charge in [-0.2, -0.15) is 0 Å². The molecule has 2 amide bonds. The van der Waals surface area contributed by atoms with E-state index in [1.165, 1.54) is 0 Å². The molecular formula is C17H20Cl2N2O3. The number of hydrogen-bond acceptors (Lipinski definition) is 3. The van der Waals surface area contributed by atoms with Crippen LogP contribution >= 0.6 is 23.2 Å². The minimum absolute atomic E-state index is 0.0394. The Morgan fingerprint density at radius 2 is 1.79 bits per heavy atom. The van der Waals surface area contributed by atoms with Gasteiger partial charge >= 0.3 is 0 Å². The van der Waals surface area contributed by atoms with Crippen molar-refractivity contribution in [3.05, 3.63) is 33.8 Å². The Hall–Kier alpha value is -1.30. The second-order valence-electron chi connectivity index (χ2n) is 6.13. The van der Waals surface area contributed by atoms with Crippen molar-refractivity contribution in [2.75, 3.05) is 32.8 Å². The number of hydrogen-bond donors (Lipinski definition) is 0. The Kier molecular flexibility index (Phi) is 5.64. The molecule has 0 bridgehead atoms. The molecule has 0 saturated carbocycles. The van der Waals surface area contributed by atoms with Gasteiger partial charge in [-0.1, -0.05) is 29.3 Å². The monoisotopic (exact) mass is 370 g/mol. The van der Waals surface area contributed by atoms with Crippen LogP contribution in [0.2, 0.25) is 10.0 Å². The number of rotatable bonds is 3. The zero-order valence-electron chi connectivity index (χ0n) is 13.3. The number of carbonyl (C=O) groups excluding carboxylic acids is 2. The van der Waals surface area contributed by atoms with Crippen LogP contribution in [0.4, 0.5) is 0 Å². The molecule has 5 nitrogen and oxygen atoms in total. The van der Waals surface area contributed by atoms with Crippen LogP contribution in [0.3, 0.4) is 0 Å². The maximum Gasteiger partial charge on any atom is 0.251 e. The standard InChI is InChI=1S/C17H20Cl2N2O3/c18-13-4-3-12(10-14(13)19)11-16(22)20-5-7-21(8-6-20)17(23)15-2-1-9-24-15/h3-4,10,15H,1-2,5-9,11H2/t15-/m1/s1. The number of ether oxygens (including phenoxy) is 1.